The summed E-state index contributed by atoms with van der Waals surface area (Å²) in [5, 5.41) is 2.37. The summed E-state index contributed by atoms with van der Waals surface area (Å²) >= 11 is 0. The minimum atomic E-state index is -3.32. The highest BCUT2D eigenvalue weighted by Gasteiger charge is 2.23. The van der Waals surface area contributed by atoms with Gasteiger partial charge in [0, 0.05) is 24.3 Å². The van der Waals surface area contributed by atoms with Crippen molar-refractivity contribution in [3.8, 4) is 0 Å². The molecule has 1 N–H and O–H groups in total. The van der Waals surface area contributed by atoms with Gasteiger partial charge in [0.25, 0.3) is 0 Å². The van der Waals surface area contributed by atoms with Gasteiger partial charge in [-0.15, -0.1) is 0 Å². The van der Waals surface area contributed by atoms with Crippen molar-refractivity contribution in [3.63, 3.8) is 0 Å². The van der Waals surface area contributed by atoms with Gasteiger partial charge in [-0.1, -0.05) is 18.2 Å². The van der Waals surface area contributed by atoms with E-state index in [0.29, 0.717) is 18.7 Å². The molecule has 7 heteroatoms. The van der Waals surface area contributed by atoms with Crippen molar-refractivity contribution in [1.82, 2.24) is 0 Å². The van der Waals surface area contributed by atoms with Gasteiger partial charge in [-0.3, -0.25) is 9.59 Å². The second-order valence-corrected chi connectivity index (χ2v) is 10.1. The van der Waals surface area contributed by atoms with Crippen LogP contribution in [-0.2, 0) is 25.8 Å². The number of hydrogen-bond donors (Lipinski definition) is 1. The predicted octanol–water partition coefficient (Wildman–Crippen LogP) is 3.49. The first kappa shape index (κ1) is 21.0. The summed E-state index contributed by atoms with van der Waals surface area (Å²) in [6.07, 6.45) is 1.53. The summed E-state index contributed by atoms with van der Waals surface area (Å²) in [7, 11) is -3.32. The monoisotopic (exact) mass is 414 g/mol. The van der Waals surface area contributed by atoms with Crippen molar-refractivity contribution in [2.24, 2.45) is 0 Å². The number of hydrogen-bond acceptors (Lipinski definition) is 4. The number of carbonyl (C=O) groups excluding carboxylic acids is 2. The Kier molecular flexibility index (Phi) is 6.07. The smallest absolute Gasteiger partial charge is 0.228 e. The van der Waals surface area contributed by atoms with E-state index in [4.69, 9.17) is 0 Å². The molecule has 1 aliphatic heterocycles. The molecule has 154 valence electrons. The zero-order chi connectivity index (χ0) is 21.2. The lowest BCUT2D eigenvalue weighted by atomic mass is 10.1. The number of rotatable bonds is 6. The first-order chi connectivity index (χ1) is 13.7. The normalized spacial score (nSPS) is 14.5. The highest BCUT2D eigenvalue weighted by Crippen LogP contribution is 2.28. The lowest BCUT2D eigenvalue weighted by molar-refractivity contribution is -0.117. The molecule has 2 aromatic carbocycles. The van der Waals surface area contributed by atoms with Gasteiger partial charge >= 0.3 is 0 Å². The van der Waals surface area contributed by atoms with Gasteiger partial charge in [-0.2, -0.15) is 0 Å². The van der Waals surface area contributed by atoms with Crippen molar-refractivity contribution < 1.29 is 18.0 Å². The average molecular weight is 415 g/mol. The van der Waals surface area contributed by atoms with Crippen LogP contribution in [0.25, 0.3) is 0 Å². The van der Waals surface area contributed by atoms with Crippen molar-refractivity contribution in [2.45, 2.75) is 50.2 Å². The van der Waals surface area contributed by atoms with E-state index in [0.717, 1.165) is 23.2 Å². The van der Waals surface area contributed by atoms with Crippen molar-refractivity contribution in [1.29, 1.82) is 0 Å². The quantitative estimate of drug-likeness (QED) is 0.784. The Balaban J connectivity index is 1.69. The molecule has 0 spiro atoms. The van der Waals surface area contributed by atoms with Crippen LogP contribution in [-0.4, -0.2) is 32.0 Å². The molecule has 2 amide bonds. The van der Waals surface area contributed by atoms with Crippen LogP contribution in [0.15, 0.2) is 47.4 Å². The van der Waals surface area contributed by atoms with Crippen molar-refractivity contribution in [2.75, 3.05) is 16.8 Å². The van der Waals surface area contributed by atoms with Crippen LogP contribution < -0.4 is 10.2 Å². The van der Waals surface area contributed by atoms with E-state index in [-0.39, 0.29) is 23.1 Å². The predicted molar refractivity (Wildman–Crippen MR) is 114 cm³/mol. The number of sulfone groups is 1. The molecule has 0 saturated carbocycles. The first-order valence-corrected chi connectivity index (χ1v) is 11.3. The molecule has 1 fully saturated rings. The van der Waals surface area contributed by atoms with Crippen LogP contribution in [0.5, 0.6) is 0 Å². The molecule has 0 aromatic heterocycles. The van der Waals surface area contributed by atoms with Crippen molar-refractivity contribution in [3.05, 3.63) is 53.6 Å². The zero-order valence-corrected chi connectivity index (χ0v) is 17.8. The van der Waals surface area contributed by atoms with E-state index < -0.39 is 15.1 Å². The van der Waals surface area contributed by atoms with Gasteiger partial charge < -0.3 is 10.2 Å². The summed E-state index contributed by atoms with van der Waals surface area (Å²) in [6, 6.07) is 11.9. The Morgan fingerprint density at radius 1 is 1.14 bits per heavy atom. The molecule has 6 nitrogen and oxygen atoms in total. The number of amides is 2. The number of nitrogens with zero attached hydrogens (tertiary/aromatic N) is 1. The minimum Gasteiger partial charge on any atom is -0.326 e. The van der Waals surface area contributed by atoms with Crippen LogP contribution in [0.2, 0.25) is 0 Å². The second kappa shape index (κ2) is 8.37. The summed E-state index contributed by atoms with van der Waals surface area (Å²) in [5.74, 6) is -0.0972. The first-order valence-electron chi connectivity index (χ1n) is 9.72. The molecule has 1 aliphatic rings. The molecule has 0 atom stereocenters. The van der Waals surface area contributed by atoms with Gasteiger partial charge in [0.1, 0.15) is 0 Å². The molecular weight excluding hydrogens is 388 g/mol. The van der Waals surface area contributed by atoms with Gasteiger partial charge in [0.15, 0.2) is 9.84 Å². The Bertz CT molecular complexity index is 1030. The van der Waals surface area contributed by atoms with Gasteiger partial charge in [0.05, 0.1) is 16.6 Å². The molecule has 1 heterocycles. The standard InChI is InChI=1S/C22H26N2O4S/c1-15(2)29(27,28)19-10-7-17(8-11-19)13-21(25)23-18-9-6-16(3)20(14-18)24-12-4-5-22(24)26/h6-11,14-15H,4-5,12-13H2,1-3H3,(H,23,25). The topological polar surface area (TPSA) is 83.6 Å². The van der Waals surface area contributed by atoms with Gasteiger partial charge in [-0.25, -0.2) is 8.42 Å². The largest absolute Gasteiger partial charge is 0.326 e. The number of anilines is 2. The van der Waals surface area contributed by atoms with Gasteiger partial charge in [0.2, 0.25) is 11.8 Å². The summed E-state index contributed by atoms with van der Waals surface area (Å²) in [6.45, 7) is 5.92. The number of carbonyl (C=O) groups is 2. The molecule has 2 aromatic rings. The summed E-state index contributed by atoms with van der Waals surface area (Å²) < 4.78 is 24.4. The van der Waals surface area contributed by atoms with Crippen LogP contribution in [0.4, 0.5) is 11.4 Å². The maximum atomic E-state index is 12.4. The molecular formula is C22H26N2O4S. The fourth-order valence-corrected chi connectivity index (χ4v) is 4.40. The third-order valence-corrected chi connectivity index (χ3v) is 7.26. The van der Waals surface area contributed by atoms with E-state index in [1.165, 1.54) is 0 Å². The van der Waals surface area contributed by atoms with E-state index in [1.54, 1.807) is 43.0 Å². The fourth-order valence-electron chi connectivity index (χ4n) is 3.34. The van der Waals surface area contributed by atoms with E-state index in [2.05, 4.69) is 5.32 Å². The maximum Gasteiger partial charge on any atom is 0.228 e. The summed E-state index contributed by atoms with van der Waals surface area (Å²) in [4.78, 5) is 26.5. The fraction of sp³-hybridized carbons (Fsp3) is 0.364. The number of benzene rings is 2. The molecule has 0 unspecified atom stereocenters. The molecule has 29 heavy (non-hydrogen) atoms. The zero-order valence-electron chi connectivity index (χ0n) is 16.9. The second-order valence-electron chi connectivity index (χ2n) is 7.61. The van der Waals surface area contributed by atoms with E-state index in [9.17, 15) is 18.0 Å². The molecule has 0 radical (unpaired) electrons. The molecule has 0 aliphatic carbocycles. The van der Waals surface area contributed by atoms with Crippen molar-refractivity contribution >= 4 is 33.0 Å². The Morgan fingerprint density at radius 3 is 2.41 bits per heavy atom. The highest BCUT2D eigenvalue weighted by atomic mass is 32.2. The Morgan fingerprint density at radius 2 is 1.83 bits per heavy atom. The highest BCUT2D eigenvalue weighted by molar-refractivity contribution is 7.92. The lowest BCUT2D eigenvalue weighted by Crippen LogP contribution is -2.24. The van der Waals surface area contributed by atoms with E-state index in [1.807, 2.05) is 25.1 Å². The average Bonchev–Trinajstić information content (AvgIpc) is 3.09. The minimum absolute atomic E-state index is 0.105. The van der Waals surface area contributed by atoms with Crippen LogP contribution in [0.3, 0.4) is 0 Å². The summed E-state index contributed by atoms with van der Waals surface area (Å²) in [5.41, 5.74) is 3.18. The third-order valence-electron chi connectivity index (χ3n) is 5.09. The molecule has 1 saturated heterocycles. The van der Waals surface area contributed by atoms with E-state index >= 15 is 0 Å². The molecule has 0 bridgehead atoms. The SMILES string of the molecule is Cc1ccc(NC(=O)Cc2ccc(S(=O)(=O)C(C)C)cc2)cc1N1CCCC1=O. The third kappa shape index (κ3) is 4.67. The van der Waals surface area contributed by atoms with Crippen LogP contribution >= 0.6 is 0 Å². The lowest BCUT2D eigenvalue weighted by Gasteiger charge is -2.19. The Labute approximate surface area is 171 Å². The molecule has 3 rings (SSSR count). The van der Waals surface area contributed by atoms with Crippen LogP contribution in [0, 0.1) is 6.92 Å². The number of aryl methyl sites for hydroxylation is 1. The maximum absolute atomic E-state index is 12.4. The van der Waals surface area contributed by atoms with Gasteiger partial charge in [-0.05, 0) is 62.6 Å². The van der Waals surface area contributed by atoms with Crippen LogP contribution in [0.1, 0.15) is 37.8 Å². The Hall–Kier alpha value is -2.67. The number of nitrogens with one attached hydrogen (secondary N) is 1.